The molecule has 1 saturated heterocycles. The van der Waals surface area contributed by atoms with E-state index in [9.17, 15) is 18.4 Å². The Morgan fingerprint density at radius 1 is 1.10 bits per heavy atom. The predicted octanol–water partition coefficient (Wildman–Crippen LogP) is 3.76. The SMILES string of the molecule is O=C(c1ccn(C(F)F)n1)N1CC[C@]2(C(=O)Nc3ccccc32)[C@@H]1c1ccccc1. The summed E-state index contributed by atoms with van der Waals surface area (Å²) in [7, 11) is 0. The third-order valence-electron chi connectivity index (χ3n) is 5.99. The van der Waals surface area contributed by atoms with E-state index in [2.05, 4.69) is 10.4 Å². The van der Waals surface area contributed by atoms with E-state index in [0.29, 0.717) is 17.6 Å². The summed E-state index contributed by atoms with van der Waals surface area (Å²) < 4.78 is 26.3. The zero-order chi connectivity index (χ0) is 20.9. The number of anilines is 1. The van der Waals surface area contributed by atoms with Crippen molar-refractivity contribution in [2.45, 2.75) is 24.4 Å². The lowest BCUT2D eigenvalue weighted by Crippen LogP contribution is -2.42. The number of nitrogens with zero attached hydrogens (tertiary/aromatic N) is 3. The highest BCUT2D eigenvalue weighted by Crippen LogP contribution is 2.54. The molecule has 152 valence electrons. The monoisotopic (exact) mass is 408 g/mol. The summed E-state index contributed by atoms with van der Waals surface area (Å²) in [5.74, 6) is -0.636. The minimum Gasteiger partial charge on any atom is -0.329 e. The zero-order valence-corrected chi connectivity index (χ0v) is 15.8. The molecule has 3 aromatic rings. The first-order valence-electron chi connectivity index (χ1n) is 9.62. The van der Waals surface area contributed by atoms with Gasteiger partial charge in [0.05, 0.1) is 6.04 Å². The molecule has 3 heterocycles. The van der Waals surface area contributed by atoms with Crippen LogP contribution in [-0.2, 0) is 10.2 Å². The number of amides is 2. The van der Waals surface area contributed by atoms with Crippen LogP contribution in [0.15, 0.2) is 66.9 Å². The Hall–Kier alpha value is -3.55. The van der Waals surface area contributed by atoms with Crippen molar-refractivity contribution in [3.63, 3.8) is 0 Å². The summed E-state index contributed by atoms with van der Waals surface area (Å²) in [6.45, 7) is -2.52. The van der Waals surface area contributed by atoms with Crippen LogP contribution in [0, 0.1) is 0 Å². The van der Waals surface area contributed by atoms with Crippen molar-refractivity contribution in [3.05, 3.63) is 83.7 Å². The average Bonchev–Trinajstić information content (AvgIpc) is 3.46. The molecule has 30 heavy (non-hydrogen) atoms. The quantitative estimate of drug-likeness (QED) is 0.718. The largest absolute Gasteiger partial charge is 0.333 e. The number of hydrogen-bond acceptors (Lipinski definition) is 3. The maximum Gasteiger partial charge on any atom is 0.333 e. The van der Waals surface area contributed by atoms with Gasteiger partial charge in [-0.05, 0) is 29.7 Å². The number of fused-ring (bicyclic) bond motifs is 2. The smallest absolute Gasteiger partial charge is 0.329 e. The lowest BCUT2D eigenvalue weighted by Gasteiger charge is -2.34. The summed E-state index contributed by atoms with van der Waals surface area (Å²) >= 11 is 0. The molecule has 2 amide bonds. The number of para-hydroxylation sites is 1. The van der Waals surface area contributed by atoms with Crippen LogP contribution in [0.2, 0.25) is 0 Å². The van der Waals surface area contributed by atoms with Gasteiger partial charge in [0.2, 0.25) is 5.91 Å². The molecule has 0 bridgehead atoms. The number of benzene rings is 2. The normalized spacial score (nSPS) is 22.6. The third kappa shape index (κ3) is 2.56. The minimum atomic E-state index is -2.83. The molecule has 5 rings (SSSR count). The van der Waals surface area contributed by atoms with Gasteiger partial charge in [0, 0.05) is 18.4 Å². The van der Waals surface area contributed by atoms with Crippen LogP contribution in [0.3, 0.4) is 0 Å². The van der Waals surface area contributed by atoms with E-state index in [0.717, 1.165) is 23.0 Å². The number of alkyl halides is 2. The fourth-order valence-corrected chi connectivity index (χ4v) is 4.71. The van der Waals surface area contributed by atoms with Crippen LogP contribution < -0.4 is 5.32 Å². The van der Waals surface area contributed by atoms with Crippen LogP contribution in [-0.4, -0.2) is 33.0 Å². The number of nitrogens with one attached hydrogen (secondary N) is 1. The van der Waals surface area contributed by atoms with E-state index in [1.807, 2.05) is 54.6 Å². The molecule has 1 fully saturated rings. The van der Waals surface area contributed by atoms with Crippen molar-refractivity contribution in [2.75, 3.05) is 11.9 Å². The van der Waals surface area contributed by atoms with Gasteiger partial charge in [-0.3, -0.25) is 9.59 Å². The molecular weight excluding hydrogens is 390 g/mol. The molecular formula is C22H18F2N4O2. The van der Waals surface area contributed by atoms with Gasteiger partial charge in [-0.25, -0.2) is 4.68 Å². The maximum absolute atomic E-state index is 13.3. The van der Waals surface area contributed by atoms with Gasteiger partial charge < -0.3 is 10.2 Å². The average molecular weight is 408 g/mol. The number of halogens is 2. The number of carbonyl (C=O) groups excluding carboxylic acids is 2. The Morgan fingerprint density at radius 2 is 1.83 bits per heavy atom. The van der Waals surface area contributed by atoms with Crippen molar-refractivity contribution in [2.24, 2.45) is 0 Å². The highest BCUT2D eigenvalue weighted by Gasteiger charge is 2.59. The predicted molar refractivity (Wildman–Crippen MR) is 105 cm³/mol. The molecule has 6 nitrogen and oxygen atoms in total. The summed E-state index contributed by atoms with van der Waals surface area (Å²) in [6, 6.07) is 17.5. The maximum atomic E-state index is 13.3. The number of carbonyl (C=O) groups is 2. The van der Waals surface area contributed by atoms with Gasteiger partial charge in [-0.1, -0.05) is 48.5 Å². The topological polar surface area (TPSA) is 67.2 Å². The van der Waals surface area contributed by atoms with Crippen molar-refractivity contribution in [3.8, 4) is 0 Å². The van der Waals surface area contributed by atoms with Crippen LogP contribution in [0.25, 0.3) is 0 Å². The van der Waals surface area contributed by atoms with Gasteiger partial charge in [0.15, 0.2) is 5.69 Å². The van der Waals surface area contributed by atoms with E-state index < -0.39 is 23.9 Å². The lowest BCUT2D eigenvalue weighted by atomic mass is 9.72. The summed E-state index contributed by atoms with van der Waals surface area (Å²) in [4.78, 5) is 28.1. The third-order valence-corrected chi connectivity index (χ3v) is 5.99. The first kappa shape index (κ1) is 18.5. The molecule has 0 saturated carbocycles. The van der Waals surface area contributed by atoms with Gasteiger partial charge in [-0.15, -0.1) is 0 Å². The first-order valence-corrected chi connectivity index (χ1v) is 9.62. The molecule has 1 spiro atoms. The van der Waals surface area contributed by atoms with Gasteiger partial charge in [-0.2, -0.15) is 13.9 Å². The van der Waals surface area contributed by atoms with Gasteiger partial charge in [0.1, 0.15) is 5.41 Å². The van der Waals surface area contributed by atoms with Crippen LogP contribution in [0.4, 0.5) is 14.5 Å². The standard InChI is InChI=1S/C22H18F2N4O2/c23-21(24)28-12-10-17(26-28)19(29)27-13-11-22(18(27)14-6-2-1-3-7-14)15-8-4-5-9-16(15)25-20(22)30/h1-10,12,18,21H,11,13H2,(H,25,30)/t18-,22+/m0/s1. The Bertz CT molecular complexity index is 1130. The fraction of sp³-hybridized carbons (Fsp3) is 0.227. The molecule has 0 unspecified atom stereocenters. The van der Waals surface area contributed by atoms with E-state index in [1.54, 1.807) is 4.90 Å². The molecule has 0 radical (unpaired) electrons. The van der Waals surface area contributed by atoms with E-state index in [-0.39, 0.29) is 11.6 Å². The van der Waals surface area contributed by atoms with E-state index >= 15 is 0 Å². The highest BCUT2D eigenvalue weighted by atomic mass is 19.3. The first-order chi connectivity index (χ1) is 14.5. The second-order valence-electron chi connectivity index (χ2n) is 7.49. The van der Waals surface area contributed by atoms with E-state index in [1.165, 1.54) is 6.07 Å². The summed E-state index contributed by atoms with van der Waals surface area (Å²) in [5, 5.41) is 6.69. The molecule has 2 atom stereocenters. The Kier molecular flexibility index (Phi) is 4.16. The summed E-state index contributed by atoms with van der Waals surface area (Å²) in [6.07, 6.45) is 1.51. The Balaban J connectivity index is 1.63. The van der Waals surface area contributed by atoms with Crippen molar-refractivity contribution >= 4 is 17.5 Å². The molecule has 2 aliphatic heterocycles. The molecule has 2 aliphatic rings. The molecule has 0 aliphatic carbocycles. The van der Waals surface area contributed by atoms with Crippen molar-refractivity contribution in [1.82, 2.24) is 14.7 Å². The minimum absolute atomic E-state index is 0.0695. The number of aromatic nitrogens is 2. The Morgan fingerprint density at radius 3 is 2.57 bits per heavy atom. The summed E-state index contributed by atoms with van der Waals surface area (Å²) in [5.41, 5.74) is 1.37. The molecule has 1 aromatic heterocycles. The van der Waals surface area contributed by atoms with Gasteiger partial charge >= 0.3 is 6.55 Å². The molecule has 2 aromatic carbocycles. The highest BCUT2D eigenvalue weighted by molar-refractivity contribution is 6.08. The zero-order valence-electron chi connectivity index (χ0n) is 15.8. The lowest BCUT2D eigenvalue weighted by molar-refractivity contribution is -0.121. The van der Waals surface area contributed by atoms with Crippen LogP contribution in [0.1, 0.15) is 40.6 Å². The molecule has 1 N–H and O–H groups in total. The van der Waals surface area contributed by atoms with Gasteiger partial charge in [0.25, 0.3) is 5.91 Å². The number of hydrogen-bond donors (Lipinski definition) is 1. The second kappa shape index (κ2) is 6.76. The van der Waals surface area contributed by atoms with Crippen LogP contribution in [0.5, 0.6) is 0 Å². The van der Waals surface area contributed by atoms with E-state index in [4.69, 9.17) is 0 Å². The van der Waals surface area contributed by atoms with Crippen LogP contribution >= 0.6 is 0 Å². The van der Waals surface area contributed by atoms with Crippen molar-refractivity contribution < 1.29 is 18.4 Å². The number of likely N-dealkylation sites (tertiary alicyclic amines) is 1. The van der Waals surface area contributed by atoms with Crippen molar-refractivity contribution in [1.29, 1.82) is 0 Å². The second-order valence-corrected chi connectivity index (χ2v) is 7.49. The number of rotatable bonds is 3. The molecule has 8 heteroatoms. The fourth-order valence-electron chi connectivity index (χ4n) is 4.71. The Labute approximate surface area is 171 Å².